The van der Waals surface area contributed by atoms with Crippen LogP contribution in [0.15, 0.2) is 40.9 Å². The fourth-order valence-corrected chi connectivity index (χ4v) is 2.05. The fourth-order valence-electron chi connectivity index (χ4n) is 2.05. The zero-order valence-corrected chi connectivity index (χ0v) is 11.4. The number of carbonyl (C=O) groups excluding carboxylic acids is 1. The molecule has 3 aromatic rings. The lowest BCUT2D eigenvalue weighted by Crippen LogP contribution is -2.06. The normalized spacial score (nSPS) is 10.7. The maximum atomic E-state index is 11.5. The Morgan fingerprint density at radius 3 is 2.71 bits per heavy atom. The van der Waals surface area contributed by atoms with Crippen molar-refractivity contribution < 1.29 is 14.1 Å². The monoisotopic (exact) mass is 283 g/mol. The van der Waals surface area contributed by atoms with Crippen molar-refractivity contribution >= 4 is 22.4 Å². The number of hydrogen-bond donors (Lipinski definition) is 1. The second kappa shape index (κ2) is 5.24. The Labute approximate surface area is 120 Å². The van der Waals surface area contributed by atoms with Crippen LogP contribution in [0.5, 0.6) is 0 Å². The average molecular weight is 283 g/mol. The van der Waals surface area contributed by atoms with Gasteiger partial charge in [-0.15, -0.1) is 0 Å². The second-order valence-electron chi connectivity index (χ2n) is 4.43. The summed E-state index contributed by atoms with van der Waals surface area (Å²) in [7, 11) is 0. The molecule has 0 saturated heterocycles. The molecule has 0 atom stereocenters. The van der Waals surface area contributed by atoms with Crippen molar-refractivity contribution in [3.63, 3.8) is 0 Å². The lowest BCUT2D eigenvalue weighted by molar-refractivity contribution is 0.0508. The minimum absolute atomic E-state index is 0.112. The highest BCUT2D eigenvalue weighted by Gasteiger charge is 2.18. The van der Waals surface area contributed by atoms with Crippen LogP contribution in [-0.2, 0) is 4.74 Å². The molecule has 0 saturated carbocycles. The molecule has 0 radical (unpaired) electrons. The van der Waals surface area contributed by atoms with Crippen LogP contribution in [0, 0.1) is 0 Å². The third-order valence-electron chi connectivity index (χ3n) is 3.03. The molecular weight excluding hydrogens is 270 g/mol. The minimum atomic E-state index is -0.619. The Morgan fingerprint density at radius 1 is 1.29 bits per heavy atom. The van der Waals surface area contributed by atoms with E-state index < -0.39 is 5.97 Å². The van der Waals surface area contributed by atoms with E-state index in [-0.39, 0.29) is 18.3 Å². The van der Waals surface area contributed by atoms with E-state index in [2.05, 4.69) is 10.1 Å². The van der Waals surface area contributed by atoms with Crippen LogP contribution in [0.4, 0.5) is 5.69 Å². The van der Waals surface area contributed by atoms with Crippen molar-refractivity contribution in [1.82, 2.24) is 10.1 Å². The lowest BCUT2D eigenvalue weighted by atomic mass is 10.1. The Balaban J connectivity index is 2.04. The van der Waals surface area contributed by atoms with Crippen LogP contribution in [-0.4, -0.2) is 22.7 Å². The van der Waals surface area contributed by atoms with Gasteiger partial charge in [-0.1, -0.05) is 24.3 Å². The fraction of sp³-hybridized carbons (Fsp3) is 0.133. The van der Waals surface area contributed by atoms with E-state index in [0.29, 0.717) is 11.3 Å². The number of nitrogens with zero attached hydrogens (tertiary/aromatic N) is 2. The molecule has 1 heterocycles. The molecule has 21 heavy (non-hydrogen) atoms. The van der Waals surface area contributed by atoms with E-state index in [4.69, 9.17) is 15.0 Å². The van der Waals surface area contributed by atoms with E-state index in [1.54, 1.807) is 6.92 Å². The smallest absolute Gasteiger partial charge is 0.379 e. The number of rotatable bonds is 3. The van der Waals surface area contributed by atoms with E-state index >= 15 is 0 Å². The Morgan fingerprint density at radius 2 is 2.00 bits per heavy atom. The van der Waals surface area contributed by atoms with Gasteiger partial charge in [-0.05, 0) is 35.0 Å². The van der Waals surface area contributed by atoms with Crippen LogP contribution in [0.3, 0.4) is 0 Å². The second-order valence-corrected chi connectivity index (χ2v) is 4.43. The van der Waals surface area contributed by atoms with Gasteiger partial charge in [0.05, 0.1) is 12.2 Å². The standard InChI is InChI=1S/C15H13N3O3/c1-2-20-15(19)13-17-14(21-18-13)11-7-9-5-3-4-6-10(9)8-12(11)16/h3-8H,2,16H2,1H3. The average Bonchev–Trinajstić information content (AvgIpc) is 2.96. The van der Waals surface area contributed by atoms with Crippen molar-refractivity contribution in [2.24, 2.45) is 0 Å². The predicted octanol–water partition coefficient (Wildman–Crippen LogP) is 2.65. The first-order valence-electron chi connectivity index (χ1n) is 6.48. The number of esters is 1. The van der Waals surface area contributed by atoms with Crippen molar-refractivity contribution in [2.45, 2.75) is 6.92 Å². The van der Waals surface area contributed by atoms with Crippen LogP contribution >= 0.6 is 0 Å². The molecule has 6 nitrogen and oxygen atoms in total. The molecule has 2 aromatic carbocycles. The summed E-state index contributed by atoms with van der Waals surface area (Å²) < 4.78 is 9.93. The van der Waals surface area contributed by atoms with Gasteiger partial charge in [-0.2, -0.15) is 4.98 Å². The van der Waals surface area contributed by atoms with Gasteiger partial charge < -0.3 is 15.0 Å². The maximum Gasteiger partial charge on any atom is 0.379 e. The summed E-state index contributed by atoms with van der Waals surface area (Å²) in [5.74, 6) is -0.535. The van der Waals surface area contributed by atoms with Gasteiger partial charge in [0.1, 0.15) is 0 Å². The molecule has 0 aliphatic heterocycles. The third kappa shape index (κ3) is 2.43. The van der Waals surface area contributed by atoms with E-state index in [1.807, 2.05) is 36.4 Å². The van der Waals surface area contributed by atoms with Crippen LogP contribution in [0.2, 0.25) is 0 Å². The zero-order valence-electron chi connectivity index (χ0n) is 11.4. The highest BCUT2D eigenvalue weighted by atomic mass is 16.5. The summed E-state index contributed by atoms with van der Waals surface area (Å²) >= 11 is 0. The summed E-state index contributed by atoms with van der Waals surface area (Å²) in [6, 6.07) is 11.5. The van der Waals surface area contributed by atoms with Gasteiger partial charge in [0.25, 0.3) is 11.7 Å². The highest BCUT2D eigenvalue weighted by Crippen LogP contribution is 2.29. The predicted molar refractivity (Wildman–Crippen MR) is 77.6 cm³/mol. The first-order valence-corrected chi connectivity index (χ1v) is 6.48. The van der Waals surface area contributed by atoms with Gasteiger partial charge >= 0.3 is 5.97 Å². The summed E-state index contributed by atoms with van der Waals surface area (Å²) in [6.45, 7) is 1.96. The van der Waals surface area contributed by atoms with Gasteiger partial charge in [0.2, 0.25) is 0 Å². The molecule has 0 aliphatic rings. The maximum absolute atomic E-state index is 11.5. The summed E-state index contributed by atoms with van der Waals surface area (Å²) in [6.07, 6.45) is 0. The molecule has 0 bridgehead atoms. The van der Waals surface area contributed by atoms with Crippen molar-refractivity contribution in [3.05, 3.63) is 42.2 Å². The number of nitrogens with two attached hydrogens (primary N) is 1. The molecule has 0 fully saturated rings. The lowest BCUT2D eigenvalue weighted by Gasteiger charge is -2.04. The largest absolute Gasteiger partial charge is 0.460 e. The highest BCUT2D eigenvalue weighted by molar-refractivity contribution is 5.92. The number of benzene rings is 2. The van der Waals surface area contributed by atoms with E-state index in [9.17, 15) is 4.79 Å². The first kappa shape index (κ1) is 13.1. The number of hydrogen-bond acceptors (Lipinski definition) is 6. The van der Waals surface area contributed by atoms with Gasteiger partial charge in [-0.25, -0.2) is 4.79 Å². The van der Waals surface area contributed by atoms with E-state index in [0.717, 1.165) is 10.8 Å². The quantitative estimate of drug-likeness (QED) is 0.587. The van der Waals surface area contributed by atoms with Gasteiger partial charge in [0.15, 0.2) is 0 Å². The van der Waals surface area contributed by atoms with Gasteiger partial charge in [-0.3, -0.25) is 0 Å². The van der Waals surface area contributed by atoms with Crippen LogP contribution in [0.1, 0.15) is 17.5 Å². The zero-order chi connectivity index (χ0) is 14.8. The third-order valence-corrected chi connectivity index (χ3v) is 3.03. The number of carbonyl (C=O) groups is 1. The molecule has 0 unspecified atom stereocenters. The molecule has 0 amide bonds. The molecule has 106 valence electrons. The number of ether oxygens (including phenoxy) is 1. The van der Waals surface area contributed by atoms with Crippen molar-refractivity contribution in [1.29, 1.82) is 0 Å². The van der Waals surface area contributed by atoms with E-state index in [1.165, 1.54) is 0 Å². The number of anilines is 1. The Hall–Kier alpha value is -2.89. The topological polar surface area (TPSA) is 91.2 Å². The van der Waals surface area contributed by atoms with Crippen molar-refractivity contribution in [2.75, 3.05) is 12.3 Å². The Kier molecular flexibility index (Phi) is 3.27. The molecule has 0 aliphatic carbocycles. The molecule has 0 spiro atoms. The molecule has 1 aromatic heterocycles. The summed E-state index contributed by atoms with van der Waals surface area (Å²) in [5, 5.41) is 5.63. The molecular formula is C15H13N3O3. The number of fused-ring (bicyclic) bond motifs is 1. The number of aromatic nitrogens is 2. The first-order chi connectivity index (χ1) is 10.2. The van der Waals surface area contributed by atoms with Crippen LogP contribution in [0.25, 0.3) is 22.2 Å². The summed E-state index contributed by atoms with van der Waals surface area (Å²) in [4.78, 5) is 15.6. The summed E-state index contributed by atoms with van der Waals surface area (Å²) in [5.41, 5.74) is 7.12. The minimum Gasteiger partial charge on any atom is -0.460 e. The SMILES string of the molecule is CCOC(=O)c1noc(-c2cc3ccccc3cc2N)n1. The van der Waals surface area contributed by atoms with Gasteiger partial charge in [0, 0.05) is 5.69 Å². The number of nitrogen functional groups attached to an aromatic ring is 1. The molecule has 6 heteroatoms. The Bertz CT molecular complexity index is 811. The van der Waals surface area contributed by atoms with Crippen LogP contribution < -0.4 is 5.73 Å². The molecule has 3 rings (SSSR count). The van der Waals surface area contributed by atoms with Crippen molar-refractivity contribution in [3.8, 4) is 11.5 Å². The molecule has 2 N–H and O–H groups in total.